The molecule has 0 atom stereocenters. The first kappa shape index (κ1) is 38.8. The zero-order valence-electron chi connectivity index (χ0n) is 26.4. The zero-order chi connectivity index (χ0) is 30.7. The third-order valence-corrected chi connectivity index (χ3v) is 7.34. The van der Waals surface area contributed by atoms with Crippen molar-refractivity contribution in [3.63, 3.8) is 0 Å². The SMILES string of the molecule is NCCCNCc1c(CNCCCN)c(CNCCCN)c(CNCCCN)c(CNCCCN)c1CNCCCN. The van der Waals surface area contributed by atoms with Crippen LogP contribution in [-0.4, -0.2) is 78.5 Å². The summed E-state index contributed by atoms with van der Waals surface area (Å²) in [5.41, 5.74) is 43.1. The Hall–Kier alpha value is -1.26. The van der Waals surface area contributed by atoms with E-state index in [1.54, 1.807) is 0 Å². The second-order valence-electron chi connectivity index (χ2n) is 10.8. The van der Waals surface area contributed by atoms with Gasteiger partial charge in [0, 0.05) is 39.3 Å². The summed E-state index contributed by atoms with van der Waals surface area (Å²) in [6.45, 7) is 14.1. The van der Waals surface area contributed by atoms with Gasteiger partial charge < -0.3 is 66.3 Å². The van der Waals surface area contributed by atoms with Gasteiger partial charge in [0.15, 0.2) is 0 Å². The topological polar surface area (TPSA) is 228 Å². The van der Waals surface area contributed by atoms with Crippen LogP contribution in [0.2, 0.25) is 0 Å². The maximum Gasteiger partial charge on any atom is 0.0212 e. The monoisotopic (exact) mass is 595 g/mol. The predicted octanol–water partition coefficient (Wildman–Crippen LogP) is -1.68. The summed E-state index contributed by atoms with van der Waals surface area (Å²) in [7, 11) is 0. The molecule has 0 aliphatic carbocycles. The highest BCUT2D eigenvalue weighted by Gasteiger charge is 2.23. The van der Waals surface area contributed by atoms with E-state index in [-0.39, 0.29) is 0 Å². The third-order valence-electron chi connectivity index (χ3n) is 7.34. The molecule has 0 bridgehead atoms. The summed E-state index contributed by atoms with van der Waals surface area (Å²) < 4.78 is 0. The fourth-order valence-corrected chi connectivity index (χ4v) is 5.02. The molecule has 0 aromatic heterocycles. The Morgan fingerprint density at radius 1 is 0.262 bits per heavy atom. The van der Waals surface area contributed by atoms with Crippen molar-refractivity contribution >= 4 is 0 Å². The normalized spacial score (nSPS) is 11.6. The summed E-state index contributed by atoms with van der Waals surface area (Å²) in [6, 6.07) is 0. The Labute approximate surface area is 256 Å². The minimum atomic E-state index is 0.675. The van der Waals surface area contributed by atoms with E-state index in [9.17, 15) is 0 Å². The van der Waals surface area contributed by atoms with Gasteiger partial charge >= 0.3 is 0 Å². The highest BCUT2D eigenvalue weighted by Crippen LogP contribution is 2.30. The summed E-state index contributed by atoms with van der Waals surface area (Å²) in [4.78, 5) is 0. The lowest BCUT2D eigenvalue weighted by Crippen LogP contribution is -2.32. The quantitative estimate of drug-likeness (QED) is 0.0448. The van der Waals surface area contributed by atoms with E-state index in [1.165, 1.54) is 33.4 Å². The molecule has 0 heterocycles. The van der Waals surface area contributed by atoms with Crippen molar-refractivity contribution in [2.45, 2.75) is 77.8 Å². The van der Waals surface area contributed by atoms with Crippen molar-refractivity contribution in [3.05, 3.63) is 33.4 Å². The number of nitrogens with two attached hydrogens (primary N) is 6. The lowest BCUT2D eigenvalue weighted by Gasteiger charge is -2.29. The second-order valence-corrected chi connectivity index (χ2v) is 10.8. The Morgan fingerprint density at radius 2 is 0.405 bits per heavy atom. The molecule has 1 aromatic carbocycles. The van der Waals surface area contributed by atoms with Gasteiger partial charge in [-0.1, -0.05) is 0 Å². The van der Waals surface area contributed by atoms with Gasteiger partial charge in [-0.2, -0.15) is 0 Å². The van der Waals surface area contributed by atoms with Crippen molar-refractivity contribution in [2.24, 2.45) is 34.4 Å². The number of nitrogens with one attached hydrogen (secondary N) is 6. The smallest absolute Gasteiger partial charge is 0.0212 e. The fourth-order valence-electron chi connectivity index (χ4n) is 5.02. The molecule has 0 saturated carbocycles. The first-order chi connectivity index (χ1) is 20.7. The Morgan fingerprint density at radius 3 is 0.524 bits per heavy atom. The van der Waals surface area contributed by atoms with Crippen LogP contribution in [-0.2, 0) is 39.3 Å². The summed E-state index contributed by atoms with van der Waals surface area (Å²) in [5, 5.41) is 22.2. The molecule has 246 valence electrons. The number of hydrogen-bond acceptors (Lipinski definition) is 12. The van der Waals surface area contributed by atoms with Crippen molar-refractivity contribution < 1.29 is 0 Å². The maximum atomic E-state index is 5.82. The van der Waals surface area contributed by atoms with E-state index in [4.69, 9.17) is 34.4 Å². The van der Waals surface area contributed by atoms with Crippen LogP contribution >= 0.6 is 0 Å². The summed E-state index contributed by atoms with van der Waals surface area (Å²) >= 11 is 0. The number of hydrogen-bond donors (Lipinski definition) is 12. The molecule has 0 saturated heterocycles. The van der Waals surface area contributed by atoms with Crippen LogP contribution in [0.5, 0.6) is 0 Å². The van der Waals surface area contributed by atoms with E-state index in [0.717, 1.165) is 117 Å². The molecule has 0 amide bonds. The van der Waals surface area contributed by atoms with Gasteiger partial charge in [0.25, 0.3) is 0 Å². The molecule has 0 unspecified atom stereocenters. The van der Waals surface area contributed by atoms with Gasteiger partial charge in [-0.15, -0.1) is 0 Å². The molecule has 12 heteroatoms. The predicted molar refractivity (Wildman–Crippen MR) is 179 cm³/mol. The molecule has 12 nitrogen and oxygen atoms in total. The van der Waals surface area contributed by atoms with E-state index < -0.39 is 0 Å². The Balaban J connectivity index is 3.74. The largest absolute Gasteiger partial charge is 0.330 e. The van der Waals surface area contributed by atoms with Crippen molar-refractivity contribution in [1.29, 1.82) is 0 Å². The second kappa shape index (κ2) is 27.3. The molecule has 0 spiro atoms. The van der Waals surface area contributed by atoms with E-state index in [2.05, 4.69) is 31.9 Å². The average Bonchev–Trinajstić information content (AvgIpc) is 3.00. The maximum absolute atomic E-state index is 5.82. The molecule has 42 heavy (non-hydrogen) atoms. The summed E-state index contributed by atoms with van der Waals surface area (Å²) in [6.07, 6.45) is 5.66. The lowest BCUT2D eigenvalue weighted by atomic mass is 9.85. The van der Waals surface area contributed by atoms with Gasteiger partial charge in [0.2, 0.25) is 0 Å². The van der Waals surface area contributed by atoms with Crippen LogP contribution in [0.3, 0.4) is 0 Å². The average molecular weight is 595 g/mol. The van der Waals surface area contributed by atoms with Crippen molar-refractivity contribution in [2.75, 3.05) is 78.5 Å². The Bertz CT molecular complexity index is 595. The molecule has 0 radical (unpaired) electrons. The summed E-state index contributed by atoms with van der Waals surface area (Å²) in [5.74, 6) is 0. The Kier molecular flexibility index (Phi) is 25.2. The number of rotatable bonds is 30. The van der Waals surface area contributed by atoms with Crippen LogP contribution in [0.4, 0.5) is 0 Å². The van der Waals surface area contributed by atoms with Gasteiger partial charge in [0.05, 0.1) is 0 Å². The van der Waals surface area contributed by atoms with E-state index >= 15 is 0 Å². The third kappa shape index (κ3) is 16.0. The standard InChI is InChI=1S/C30H66N12/c31-7-1-13-37-19-25-26(20-38-14-2-8-32)28(22-40-16-4-10-34)30(24-42-18-6-12-36)29(23-41-17-5-11-35)27(25)21-39-15-3-9-33/h37-42H,1-24,31-36H2. The van der Waals surface area contributed by atoms with Crippen LogP contribution in [0.1, 0.15) is 71.9 Å². The first-order valence-electron chi connectivity index (χ1n) is 16.3. The first-order valence-corrected chi connectivity index (χ1v) is 16.3. The minimum Gasteiger partial charge on any atom is -0.330 e. The van der Waals surface area contributed by atoms with Gasteiger partial charge in [-0.25, -0.2) is 0 Å². The highest BCUT2D eigenvalue weighted by atomic mass is 14.9. The van der Waals surface area contributed by atoms with Gasteiger partial charge in [-0.05, 0) is 150 Å². The zero-order valence-corrected chi connectivity index (χ0v) is 26.4. The molecule has 18 N–H and O–H groups in total. The number of benzene rings is 1. The molecule has 0 fully saturated rings. The molecule has 0 aliphatic rings. The van der Waals surface area contributed by atoms with Crippen molar-refractivity contribution in [3.8, 4) is 0 Å². The van der Waals surface area contributed by atoms with Gasteiger partial charge in [-0.3, -0.25) is 0 Å². The fraction of sp³-hybridized carbons (Fsp3) is 0.800. The lowest BCUT2D eigenvalue weighted by molar-refractivity contribution is 0.580. The van der Waals surface area contributed by atoms with Crippen LogP contribution < -0.4 is 66.3 Å². The molecular formula is C30H66N12. The molecular weight excluding hydrogens is 528 g/mol. The molecule has 1 aromatic rings. The highest BCUT2D eigenvalue weighted by molar-refractivity contribution is 5.52. The van der Waals surface area contributed by atoms with Crippen LogP contribution in [0, 0.1) is 0 Å². The van der Waals surface area contributed by atoms with Crippen LogP contribution in [0.15, 0.2) is 0 Å². The van der Waals surface area contributed by atoms with Gasteiger partial charge in [0.1, 0.15) is 0 Å². The van der Waals surface area contributed by atoms with Crippen LogP contribution in [0.25, 0.3) is 0 Å². The molecule has 1 rings (SSSR count). The molecule has 0 aliphatic heterocycles. The minimum absolute atomic E-state index is 0.675. The van der Waals surface area contributed by atoms with Crippen molar-refractivity contribution in [1.82, 2.24) is 31.9 Å². The van der Waals surface area contributed by atoms with E-state index in [0.29, 0.717) is 39.3 Å². The van der Waals surface area contributed by atoms with E-state index in [1.807, 2.05) is 0 Å².